The van der Waals surface area contributed by atoms with Gasteiger partial charge in [-0.2, -0.15) is 0 Å². The Bertz CT molecular complexity index is 362. The minimum atomic E-state index is -0.452. The van der Waals surface area contributed by atoms with Gasteiger partial charge in [0, 0.05) is 12.6 Å². The van der Waals surface area contributed by atoms with Crippen LogP contribution in [0.3, 0.4) is 0 Å². The van der Waals surface area contributed by atoms with Crippen LogP contribution in [0.5, 0.6) is 5.88 Å². The molecule has 0 bridgehead atoms. The van der Waals surface area contributed by atoms with Gasteiger partial charge >= 0.3 is 0 Å². The van der Waals surface area contributed by atoms with E-state index < -0.39 is 5.88 Å². The van der Waals surface area contributed by atoms with Gasteiger partial charge in [-0.25, -0.2) is 4.98 Å². The zero-order chi connectivity index (χ0) is 10.6. The normalized spacial score (nSPS) is 10.4. The molecule has 0 radical (unpaired) electrons. The fraction of sp³-hybridized carbons (Fsp3) is 0.556. The van der Waals surface area contributed by atoms with Gasteiger partial charge in [-0.05, 0) is 18.6 Å². The van der Waals surface area contributed by atoms with E-state index in [1.165, 1.54) is 11.8 Å². The standard InChI is InChI=1S/C9H14N2O2S/c1-3-4-5-11-8(13)6-7(12)10-9(11)14-2/h6,12H,3-5H2,1-2H3/p-1. The quantitative estimate of drug-likeness (QED) is 0.549. The van der Waals surface area contributed by atoms with E-state index in [-0.39, 0.29) is 5.56 Å². The van der Waals surface area contributed by atoms with E-state index >= 15 is 0 Å². The molecule has 14 heavy (non-hydrogen) atoms. The maximum atomic E-state index is 11.4. The fourth-order valence-corrected chi connectivity index (χ4v) is 1.73. The van der Waals surface area contributed by atoms with Crippen molar-refractivity contribution in [1.29, 1.82) is 0 Å². The number of hydrogen-bond donors (Lipinski definition) is 0. The van der Waals surface area contributed by atoms with Crippen molar-refractivity contribution in [2.75, 3.05) is 6.26 Å². The van der Waals surface area contributed by atoms with Crippen LogP contribution in [-0.2, 0) is 6.54 Å². The van der Waals surface area contributed by atoms with Gasteiger partial charge in [-0.3, -0.25) is 9.36 Å². The Morgan fingerprint density at radius 3 is 2.93 bits per heavy atom. The summed E-state index contributed by atoms with van der Waals surface area (Å²) >= 11 is 1.33. The van der Waals surface area contributed by atoms with Crippen molar-refractivity contribution in [1.82, 2.24) is 9.55 Å². The first-order chi connectivity index (χ1) is 6.69. The minimum absolute atomic E-state index is 0.247. The molecule has 0 N–H and O–H groups in total. The SMILES string of the molecule is CCCCn1c(SC)nc([O-])cc1=O. The van der Waals surface area contributed by atoms with Gasteiger partial charge in [-0.15, -0.1) is 0 Å². The van der Waals surface area contributed by atoms with E-state index in [2.05, 4.69) is 11.9 Å². The van der Waals surface area contributed by atoms with E-state index in [0.29, 0.717) is 11.7 Å². The Morgan fingerprint density at radius 1 is 1.64 bits per heavy atom. The van der Waals surface area contributed by atoms with Crippen LogP contribution in [0.2, 0.25) is 0 Å². The molecule has 0 amide bonds. The highest BCUT2D eigenvalue weighted by atomic mass is 32.2. The van der Waals surface area contributed by atoms with Gasteiger partial charge in [0.2, 0.25) is 0 Å². The minimum Gasteiger partial charge on any atom is -0.858 e. The predicted molar refractivity (Wildman–Crippen MR) is 54.6 cm³/mol. The molecule has 0 saturated carbocycles. The summed E-state index contributed by atoms with van der Waals surface area (Å²) in [5.41, 5.74) is -0.247. The maximum Gasteiger partial charge on any atom is 0.253 e. The van der Waals surface area contributed by atoms with Gasteiger partial charge in [0.15, 0.2) is 5.16 Å². The Morgan fingerprint density at radius 2 is 2.36 bits per heavy atom. The van der Waals surface area contributed by atoms with Crippen molar-refractivity contribution in [3.8, 4) is 5.88 Å². The summed E-state index contributed by atoms with van der Waals surface area (Å²) in [7, 11) is 0. The molecule has 1 heterocycles. The summed E-state index contributed by atoms with van der Waals surface area (Å²) in [5.74, 6) is -0.452. The summed E-state index contributed by atoms with van der Waals surface area (Å²) in [6.07, 6.45) is 3.75. The van der Waals surface area contributed by atoms with Crippen LogP contribution in [0.15, 0.2) is 16.0 Å². The lowest BCUT2D eigenvalue weighted by Gasteiger charge is -2.12. The van der Waals surface area contributed by atoms with Crippen LogP contribution >= 0.6 is 11.8 Å². The summed E-state index contributed by atoms with van der Waals surface area (Å²) in [6.45, 7) is 2.69. The molecule has 0 spiro atoms. The number of aromatic nitrogens is 2. The molecule has 0 aliphatic heterocycles. The topological polar surface area (TPSA) is 57.9 Å². The molecule has 0 aliphatic rings. The van der Waals surface area contributed by atoms with Crippen molar-refractivity contribution < 1.29 is 5.11 Å². The molecule has 1 rings (SSSR count). The highest BCUT2D eigenvalue weighted by molar-refractivity contribution is 7.98. The second-order valence-corrected chi connectivity index (χ2v) is 3.70. The molecule has 78 valence electrons. The van der Waals surface area contributed by atoms with Gasteiger partial charge in [0.05, 0.1) is 0 Å². The second-order valence-electron chi connectivity index (χ2n) is 2.92. The first-order valence-electron chi connectivity index (χ1n) is 4.52. The van der Waals surface area contributed by atoms with Gasteiger partial charge in [-0.1, -0.05) is 25.1 Å². The molecule has 5 heteroatoms. The van der Waals surface area contributed by atoms with Gasteiger partial charge < -0.3 is 5.11 Å². The fourth-order valence-electron chi connectivity index (χ4n) is 1.14. The lowest BCUT2D eigenvalue weighted by molar-refractivity contribution is -0.276. The molecule has 1 aromatic rings. The molecule has 4 nitrogen and oxygen atoms in total. The highest BCUT2D eigenvalue weighted by Crippen LogP contribution is 2.12. The summed E-state index contributed by atoms with van der Waals surface area (Å²) < 4.78 is 1.55. The molecule has 0 atom stereocenters. The first-order valence-corrected chi connectivity index (χ1v) is 5.74. The van der Waals surface area contributed by atoms with E-state index in [1.54, 1.807) is 4.57 Å². The molecular formula is C9H13N2O2S-. The largest absolute Gasteiger partial charge is 0.858 e. The predicted octanol–water partition coefficient (Wildman–Crippen LogP) is 0.839. The van der Waals surface area contributed by atoms with Crippen molar-refractivity contribution >= 4 is 11.8 Å². The molecule has 0 saturated heterocycles. The zero-order valence-corrected chi connectivity index (χ0v) is 9.13. The van der Waals surface area contributed by atoms with E-state index in [4.69, 9.17) is 0 Å². The third-order valence-electron chi connectivity index (χ3n) is 1.87. The lowest BCUT2D eigenvalue weighted by Crippen LogP contribution is -2.23. The van der Waals surface area contributed by atoms with Crippen LogP contribution in [0.25, 0.3) is 0 Å². The molecular weight excluding hydrogens is 200 g/mol. The first kappa shape index (κ1) is 11.1. The third kappa shape index (κ3) is 2.51. The number of unbranched alkanes of at least 4 members (excludes halogenated alkanes) is 1. The highest BCUT2D eigenvalue weighted by Gasteiger charge is 2.03. The van der Waals surface area contributed by atoms with Crippen LogP contribution in [0.1, 0.15) is 19.8 Å². The smallest absolute Gasteiger partial charge is 0.253 e. The van der Waals surface area contributed by atoms with Crippen LogP contribution < -0.4 is 10.7 Å². The molecule has 0 fully saturated rings. The average Bonchev–Trinajstić information content (AvgIpc) is 2.15. The Kier molecular flexibility index (Phi) is 4.00. The number of nitrogens with zero attached hydrogens (tertiary/aromatic N) is 2. The second kappa shape index (κ2) is 5.05. The van der Waals surface area contributed by atoms with Crippen molar-refractivity contribution in [2.45, 2.75) is 31.5 Å². The van der Waals surface area contributed by atoms with E-state index in [1.807, 2.05) is 6.26 Å². The van der Waals surface area contributed by atoms with Crippen LogP contribution in [-0.4, -0.2) is 15.8 Å². The van der Waals surface area contributed by atoms with E-state index in [9.17, 15) is 9.90 Å². The number of thioether (sulfide) groups is 1. The van der Waals surface area contributed by atoms with Gasteiger partial charge in [0.25, 0.3) is 5.56 Å². The van der Waals surface area contributed by atoms with Crippen molar-refractivity contribution in [3.63, 3.8) is 0 Å². The van der Waals surface area contributed by atoms with Gasteiger partial charge in [0.1, 0.15) is 0 Å². The van der Waals surface area contributed by atoms with E-state index in [0.717, 1.165) is 18.9 Å². The summed E-state index contributed by atoms with van der Waals surface area (Å²) in [6, 6.07) is 1.04. The Balaban J connectivity index is 3.06. The molecule has 0 aliphatic carbocycles. The van der Waals surface area contributed by atoms with Crippen LogP contribution in [0.4, 0.5) is 0 Å². The maximum absolute atomic E-state index is 11.4. The summed E-state index contributed by atoms with van der Waals surface area (Å²) in [5, 5.41) is 11.5. The van der Waals surface area contributed by atoms with Crippen molar-refractivity contribution in [3.05, 3.63) is 16.4 Å². The zero-order valence-electron chi connectivity index (χ0n) is 8.32. The Hall–Kier alpha value is -0.970. The molecule has 0 unspecified atom stereocenters. The number of hydrogen-bond acceptors (Lipinski definition) is 4. The summed E-state index contributed by atoms with van der Waals surface area (Å²) in [4.78, 5) is 15.2. The average molecular weight is 213 g/mol. The lowest BCUT2D eigenvalue weighted by atomic mass is 10.3. The van der Waals surface area contributed by atoms with Crippen LogP contribution in [0, 0.1) is 0 Å². The Labute approximate surface area is 87.0 Å². The number of rotatable bonds is 4. The molecule has 0 aromatic carbocycles. The third-order valence-corrected chi connectivity index (χ3v) is 2.54. The monoisotopic (exact) mass is 213 g/mol. The van der Waals surface area contributed by atoms with Crippen molar-refractivity contribution in [2.24, 2.45) is 0 Å². The molecule has 1 aromatic heterocycles.